The molecule has 24 heavy (non-hydrogen) atoms. The van der Waals surface area contributed by atoms with Crippen LogP contribution in [0.15, 0.2) is 23.2 Å². The molecule has 0 fully saturated rings. The summed E-state index contributed by atoms with van der Waals surface area (Å²) in [5.41, 5.74) is 2.19. The van der Waals surface area contributed by atoms with Crippen LogP contribution in [0, 0.1) is 19.3 Å². The van der Waals surface area contributed by atoms with Crippen molar-refractivity contribution < 1.29 is 9.47 Å². The van der Waals surface area contributed by atoms with Crippen molar-refractivity contribution in [3.8, 4) is 18.1 Å². The molecule has 0 bridgehead atoms. The molecule has 0 amide bonds. The van der Waals surface area contributed by atoms with Crippen molar-refractivity contribution in [3.05, 3.63) is 29.3 Å². The quantitative estimate of drug-likeness (QED) is 0.202. The molecule has 0 aliphatic heterocycles. The average Bonchev–Trinajstić information content (AvgIpc) is 2.55. The molecule has 0 unspecified atom stereocenters. The third-order valence-corrected chi connectivity index (χ3v) is 3.02. The fourth-order valence-electron chi connectivity index (χ4n) is 1.92. The van der Waals surface area contributed by atoms with Gasteiger partial charge in [0.15, 0.2) is 5.96 Å². The Labute approximate surface area is 162 Å². The fraction of sp³-hybridized carbons (Fsp3) is 0.500. The normalized spacial score (nSPS) is 10.5. The zero-order valence-corrected chi connectivity index (χ0v) is 17.1. The lowest BCUT2D eigenvalue weighted by atomic mass is 10.1. The molecule has 5 nitrogen and oxygen atoms in total. The van der Waals surface area contributed by atoms with Crippen LogP contribution in [-0.2, 0) is 11.3 Å². The Morgan fingerprint density at radius 2 is 2.04 bits per heavy atom. The van der Waals surface area contributed by atoms with E-state index in [0.717, 1.165) is 23.4 Å². The van der Waals surface area contributed by atoms with Crippen LogP contribution in [-0.4, -0.2) is 38.9 Å². The first-order valence-corrected chi connectivity index (χ1v) is 7.97. The van der Waals surface area contributed by atoms with E-state index < -0.39 is 0 Å². The number of nitrogens with one attached hydrogen (secondary N) is 2. The van der Waals surface area contributed by atoms with Gasteiger partial charge in [-0.15, -0.1) is 30.4 Å². The molecule has 0 saturated heterocycles. The van der Waals surface area contributed by atoms with Gasteiger partial charge in [-0.1, -0.05) is 18.1 Å². The number of aryl methyl sites for hydroxylation is 1. The number of terminal acetylenes is 1. The molecular formula is C18H28IN3O2. The molecule has 2 N–H and O–H groups in total. The Hall–Kier alpha value is -1.46. The van der Waals surface area contributed by atoms with Crippen molar-refractivity contribution >= 4 is 29.9 Å². The molecule has 0 saturated carbocycles. The van der Waals surface area contributed by atoms with Crippen molar-refractivity contribution in [2.24, 2.45) is 4.99 Å². The van der Waals surface area contributed by atoms with Gasteiger partial charge >= 0.3 is 0 Å². The topological polar surface area (TPSA) is 54.9 Å². The summed E-state index contributed by atoms with van der Waals surface area (Å²) in [5, 5.41) is 6.23. The van der Waals surface area contributed by atoms with Crippen molar-refractivity contribution in [3.63, 3.8) is 0 Å². The van der Waals surface area contributed by atoms with Gasteiger partial charge in [-0.05, 0) is 32.4 Å². The molecule has 0 aliphatic carbocycles. The number of hydrogen-bond acceptors (Lipinski definition) is 3. The van der Waals surface area contributed by atoms with Gasteiger partial charge in [0.25, 0.3) is 0 Å². The summed E-state index contributed by atoms with van der Waals surface area (Å²) in [4.78, 5) is 4.54. The predicted molar refractivity (Wildman–Crippen MR) is 110 cm³/mol. The molecule has 0 heterocycles. The summed E-state index contributed by atoms with van der Waals surface area (Å²) in [6, 6.07) is 6.13. The first-order chi connectivity index (χ1) is 11.2. The molecule has 0 atom stereocenters. The predicted octanol–water partition coefficient (Wildman–Crippen LogP) is 2.72. The second-order valence-electron chi connectivity index (χ2n) is 4.91. The largest absolute Gasteiger partial charge is 0.491 e. The minimum Gasteiger partial charge on any atom is -0.491 e. The van der Waals surface area contributed by atoms with E-state index in [2.05, 4.69) is 27.6 Å². The van der Waals surface area contributed by atoms with Crippen LogP contribution in [0.5, 0.6) is 5.75 Å². The standard InChI is InChI=1S/C18H27N3O2.HI/c1-5-10-20-18(19-6-2)21-14-16-9-8-15(4)13-17(16)23-12-11-22-7-3;/h1,8-9,13H,6-7,10-12,14H2,2-4H3,(H2,19,20,21);1H. The van der Waals surface area contributed by atoms with E-state index in [-0.39, 0.29) is 24.0 Å². The maximum absolute atomic E-state index is 5.83. The molecule has 1 aromatic rings. The van der Waals surface area contributed by atoms with Gasteiger partial charge < -0.3 is 20.1 Å². The number of rotatable bonds is 9. The summed E-state index contributed by atoms with van der Waals surface area (Å²) in [6.45, 7) is 9.58. The number of guanidine groups is 1. The number of ether oxygens (including phenoxy) is 2. The van der Waals surface area contributed by atoms with Gasteiger partial charge in [0, 0.05) is 18.7 Å². The summed E-state index contributed by atoms with van der Waals surface area (Å²) in [7, 11) is 0. The van der Waals surface area contributed by atoms with Crippen LogP contribution < -0.4 is 15.4 Å². The number of nitrogens with zero attached hydrogens (tertiary/aromatic N) is 1. The molecule has 1 aromatic carbocycles. The first kappa shape index (κ1) is 22.5. The number of halogens is 1. The highest BCUT2D eigenvalue weighted by Crippen LogP contribution is 2.21. The van der Waals surface area contributed by atoms with Crippen molar-refractivity contribution in [1.82, 2.24) is 10.6 Å². The zero-order chi connectivity index (χ0) is 16.9. The molecule has 134 valence electrons. The van der Waals surface area contributed by atoms with E-state index in [1.54, 1.807) is 0 Å². The first-order valence-electron chi connectivity index (χ1n) is 7.97. The Kier molecular flexibility index (Phi) is 13.1. The highest BCUT2D eigenvalue weighted by molar-refractivity contribution is 14.0. The number of hydrogen-bond donors (Lipinski definition) is 2. The van der Waals surface area contributed by atoms with Gasteiger partial charge in [-0.2, -0.15) is 0 Å². The van der Waals surface area contributed by atoms with Crippen LogP contribution in [0.3, 0.4) is 0 Å². The third-order valence-electron chi connectivity index (χ3n) is 3.02. The smallest absolute Gasteiger partial charge is 0.192 e. The maximum Gasteiger partial charge on any atom is 0.192 e. The van der Waals surface area contributed by atoms with E-state index in [0.29, 0.717) is 38.9 Å². The Morgan fingerprint density at radius 3 is 2.71 bits per heavy atom. The highest BCUT2D eigenvalue weighted by atomic mass is 127. The molecule has 0 spiro atoms. The van der Waals surface area contributed by atoms with Crippen LogP contribution >= 0.6 is 24.0 Å². The van der Waals surface area contributed by atoms with Crippen LogP contribution in [0.25, 0.3) is 0 Å². The van der Waals surface area contributed by atoms with Crippen LogP contribution in [0.1, 0.15) is 25.0 Å². The molecular weight excluding hydrogens is 417 g/mol. The van der Waals surface area contributed by atoms with Gasteiger partial charge in [0.2, 0.25) is 0 Å². The van der Waals surface area contributed by atoms with Crippen molar-refractivity contribution in [2.75, 3.05) is 32.9 Å². The Bertz CT molecular complexity index is 542. The SMILES string of the molecule is C#CCNC(=NCc1ccc(C)cc1OCCOCC)NCC.I. The summed E-state index contributed by atoms with van der Waals surface area (Å²) in [6.07, 6.45) is 5.27. The second kappa shape index (κ2) is 13.9. The van der Waals surface area contributed by atoms with Crippen molar-refractivity contribution in [1.29, 1.82) is 0 Å². The van der Waals surface area contributed by atoms with Crippen LogP contribution in [0.2, 0.25) is 0 Å². The lowest BCUT2D eigenvalue weighted by Gasteiger charge is -2.13. The summed E-state index contributed by atoms with van der Waals surface area (Å²) < 4.78 is 11.1. The number of aliphatic imine (C=N–C) groups is 1. The summed E-state index contributed by atoms with van der Waals surface area (Å²) >= 11 is 0. The lowest BCUT2D eigenvalue weighted by molar-refractivity contribution is 0.110. The minimum atomic E-state index is 0. The fourth-order valence-corrected chi connectivity index (χ4v) is 1.92. The van der Waals surface area contributed by atoms with E-state index >= 15 is 0 Å². The lowest BCUT2D eigenvalue weighted by Crippen LogP contribution is -2.37. The van der Waals surface area contributed by atoms with Gasteiger partial charge in [-0.3, -0.25) is 0 Å². The Morgan fingerprint density at radius 1 is 1.25 bits per heavy atom. The third kappa shape index (κ3) is 8.99. The van der Waals surface area contributed by atoms with E-state index in [1.807, 2.05) is 32.9 Å². The summed E-state index contributed by atoms with van der Waals surface area (Å²) in [5.74, 6) is 4.09. The van der Waals surface area contributed by atoms with Gasteiger partial charge in [0.05, 0.1) is 19.7 Å². The van der Waals surface area contributed by atoms with Gasteiger partial charge in [-0.25, -0.2) is 4.99 Å². The molecule has 0 radical (unpaired) electrons. The van der Waals surface area contributed by atoms with Crippen molar-refractivity contribution in [2.45, 2.75) is 27.3 Å². The maximum atomic E-state index is 5.83. The second-order valence-corrected chi connectivity index (χ2v) is 4.91. The average molecular weight is 445 g/mol. The van der Waals surface area contributed by atoms with E-state index in [9.17, 15) is 0 Å². The molecule has 1 rings (SSSR count). The van der Waals surface area contributed by atoms with Crippen LogP contribution in [0.4, 0.5) is 0 Å². The Balaban J connectivity index is 0.00000529. The highest BCUT2D eigenvalue weighted by Gasteiger charge is 2.05. The number of benzene rings is 1. The minimum absolute atomic E-state index is 0. The zero-order valence-electron chi connectivity index (χ0n) is 14.7. The van der Waals surface area contributed by atoms with E-state index in [1.165, 1.54) is 0 Å². The van der Waals surface area contributed by atoms with E-state index in [4.69, 9.17) is 15.9 Å². The molecule has 6 heteroatoms. The van der Waals surface area contributed by atoms with Gasteiger partial charge in [0.1, 0.15) is 12.4 Å². The molecule has 0 aromatic heterocycles. The monoisotopic (exact) mass is 445 g/mol. The molecule has 0 aliphatic rings.